The molecule has 0 saturated heterocycles. The Balaban J connectivity index is 2.45. The molecule has 25 heavy (non-hydrogen) atoms. The van der Waals surface area contributed by atoms with Crippen molar-refractivity contribution in [2.24, 2.45) is 0 Å². The lowest BCUT2D eigenvalue weighted by molar-refractivity contribution is 0.0421. The number of halogens is 3. The zero-order chi connectivity index (χ0) is 18.6. The highest BCUT2D eigenvalue weighted by atomic mass is 19.2. The van der Waals surface area contributed by atoms with Crippen LogP contribution in [0.2, 0.25) is 0 Å². The molecule has 1 aromatic carbocycles. The fourth-order valence-electron chi connectivity index (χ4n) is 1.93. The first kappa shape index (κ1) is 18.5. The monoisotopic (exact) mass is 347 g/mol. The van der Waals surface area contributed by atoms with Crippen molar-refractivity contribution < 1.29 is 22.8 Å². The van der Waals surface area contributed by atoms with E-state index in [-0.39, 0.29) is 17.9 Å². The largest absolute Gasteiger partial charge is 0.338 e. The second kappa shape index (κ2) is 7.84. The Hall–Kier alpha value is -2.81. The van der Waals surface area contributed by atoms with E-state index in [9.17, 15) is 18.0 Å². The van der Waals surface area contributed by atoms with Gasteiger partial charge in [-0.2, -0.15) is 0 Å². The van der Waals surface area contributed by atoms with Crippen molar-refractivity contribution >= 4 is 30.7 Å². The standard InChI is InChI=1S/C16H13BF3N3O2/c1-3-4-25-23-16(24)9-6-11(18)12(19)13(20)14(9)22-15-10(17)5-8(2)7-21-15/h3,5-7H,1,4H2,2H3,(H,21,22)(H,23,24). The Morgan fingerprint density at radius 3 is 2.72 bits per heavy atom. The molecular weight excluding hydrogens is 334 g/mol. The molecule has 0 aliphatic rings. The van der Waals surface area contributed by atoms with Crippen LogP contribution >= 0.6 is 0 Å². The van der Waals surface area contributed by atoms with Crippen molar-refractivity contribution in [2.75, 3.05) is 11.9 Å². The molecule has 2 rings (SSSR count). The fourth-order valence-corrected chi connectivity index (χ4v) is 1.93. The third kappa shape index (κ3) is 4.19. The second-order valence-corrected chi connectivity index (χ2v) is 5.02. The summed E-state index contributed by atoms with van der Waals surface area (Å²) in [5, 5.41) is 2.42. The van der Waals surface area contributed by atoms with E-state index in [4.69, 9.17) is 12.7 Å². The van der Waals surface area contributed by atoms with Gasteiger partial charge in [-0.05, 0) is 18.6 Å². The molecule has 128 valence electrons. The lowest BCUT2D eigenvalue weighted by atomic mass is 9.95. The van der Waals surface area contributed by atoms with Crippen LogP contribution in [-0.4, -0.2) is 25.3 Å². The molecule has 1 aromatic heterocycles. The van der Waals surface area contributed by atoms with Crippen molar-refractivity contribution in [3.8, 4) is 0 Å². The highest BCUT2D eigenvalue weighted by molar-refractivity contribution is 6.35. The Morgan fingerprint density at radius 1 is 1.36 bits per heavy atom. The minimum atomic E-state index is -1.74. The van der Waals surface area contributed by atoms with E-state index in [1.165, 1.54) is 12.3 Å². The SMILES string of the molecule is [B]c1cc(C)cnc1Nc1c(C(=O)NOCC=C)cc(F)c(F)c1F. The van der Waals surface area contributed by atoms with Crippen molar-refractivity contribution in [3.05, 3.63) is 59.6 Å². The zero-order valence-corrected chi connectivity index (χ0v) is 13.2. The maximum absolute atomic E-state index is 14.2. The molecule has 0 aliphatic carbocycles. The van der Waals surface area contributed by atoms with Crippen LogP contribution in [0, 0.1) is 24.4 Å². The summed E-state index contributed by atoms with van der Waals surface area (Å²) >= 11 is 0. The number of hydrogen-bond acceptors (Lipinski definition) is 4. The van der Waals surface area contributed by atoms with E-state index in [0.717, 1.165) is 5.56 Å². The fraction of sp³-hybridized carbons (Fsp3) is 0.125. The summed E-state index contributed by atoms with van der Waals surface area (Å²) in [5.74, 6) is -5.86. The maximum Gasteiger partial charge on any atom is 0.277 e. The Bertz CT molecular complexity index is 831. The first-order valence-corrected chi connectivity index (χ1v) is 7.04. The lowest BCUT2D eigenvalue weighted by Crippen LogP contribution is -2.26. The molecule has 0 unspecified atom stereocenters. The lowest BCUT2D eigenvalue weighted by Gasteiger charge is -2.15. The van der Waals surface area contributed by atoms with Crippen LogP contribution in [-0.2, 0) is 4.84 Å². The molecule has 1 heterocycles. The molecule has 5 nitrogen and oxygen atoms in total. The summed E-state index contributed by atoms with van der Waals surface area (Å²) in [6.45, 7) is 5.08. The Labute approximate surface area is 143 Å². The van der Waals surface area contributed by atoms with Crippen molar-refractivity contribution in [3.63, 3.8) is 0 Å². The summed E-state index contributed by atoms with van der Waals surface area (Å²) in [4.78, 5) is 20.7. The van der Waals surface area contributed by atoms with Gasteiger partial charge in [0.2, 0.25) is 0 Å². The third-order valence-electron chi connectivity index (χ3n) is 3.07. The third-order valence-corrected chi connectivity index (χ3v) is 3.07. The molecular formula is C16H13BF3N3O2. The number of benzene rings is 1. The van der Waals surface area contributed by atoms with Crippen LogP contribution in [0.25, 0.3) is 0 Å². The van der Waals surface area contributed by atoms with Gasteiger partial charge < -0.3 is 5.32 Å². The number of carbonyl (C=O) groups excluding carboxylic acids is 1. The molecule has 0 aliphatic heterocycles. The summed E-state index contributed by atoms with van der Waals surface area (Å²) in [6.07, 6.45) is 2.78. The van der Waals surface area contributed by atoms with Crippen LogP contribution in [0.3, 0.4) is 0 Å². The topological polar surface area (TPSA) is 63.2 Å². The van der Waals surface area contributed by atoms with Crippen LogP contribution < -0.4 is 16.3 Å². The molecule has 0 saturated carbocycles. The first-order chi connectivity index (χ1) is 11.8. The summed E-state index contributed by atoms with van der Waals surface area (Å²) in [7, 11) is 5.76. The number of nitrogens with zero attached hydrogens (tertiary/aromatic N) is 1. The van der Waals surface area contributed by atoms with Gasteiger partial charge in [0.25, 0.3) is 5.91 Å². The predicted molar refractivity (Wildman–Crippen MR) is 87.6 cm³/mol. The molecule has 2 aromatic rings. The Morgan fingerprint density at radius 2 is 2.08 bits per heavy atom. The van der Waals surface area contributed by atoms with Crippen molar-refractivity contribution in [1.29, 1.82) is 0 Å². The number of hydroxylamine groups is 1. The molecule has 9 heteroatoms. The average molecular weight is 347 g/mol. The first-order valence-electron chi connectivity index (χ1n) is 7.04. The van der Waals surface area contributed by atoms with Gasteiger partial charge in [-0.15, -0.1) is 6.58 Å². The number of hydrogen-bond donors (Lipinski definition) is 2. The number of carbonyl (C=O) groups is 1. The number of aryl methyl sites for hydroxylation is 1. The Kier molecular flexibility index (Phi) is 5.82. The van der Waals surface area contributed by atoms with E-state index >= 15 is 0 Å². The number of amides is 1. The smallest absolute Gasteiger partial charge is 0.277 e. The quantitative estimate of drug-likeness (QED) is 0.277. The second-order valence-electron chi connectivity index (χ2n) is 5.02. The maximum atomic E-state index is 14.2. The molecule has 2 radical (unpaired) electrons. The number of nitrogens with one attached hydrogen (secondary N) is 2. The predicted octanol–water partition coefficient (Wildman–Crippen LogP) is 2.19. The van der Waals surface area contributed by atoms with E-state index in [1.54, 1.807) is 13.0 Å². The van der Waals surface area contributed by atoms with E-state index < -0.39 is 34.6 Å². The molecule has 0 atom stereocenters. The normalized spacial score (nSPS) is 10.4. The minimum absolute atomic E-state index is 0.0171. The summed E-state index contributed by atoms with van der Waals surface area (Å²) in [5.41, 5.74) is 1.69. The van der Waals surface area contributed by atoms with Crippen LogP contribution in [0.15, 0.2) is 31.0 Å². The number of anilines is 2. The van der Waals surface area contributed by atoms with Gasteiger partial charge in [-0.25, -0.2) is 23.6 Å². The number of pyridine rings is 1. The van der Waals surface area contributed by atoms with Gasteiger partial charge in [-0.3, -0.25) is 9.63 Å². The molecule has 0 fully saturated rings. The van der Waals surface area contributed by atoms with Gasteiger partial charge in [0, 0.05) is 6.20 Å². The highest BCUT2D eigenvalue weighted by Crippen LogP contribution is 2.27. The van der Waals surface area contributed by atoms with Gasteiger partial charge in [0.15, 0.2) is 17.5 Å². The van der Waals surface area contributed by atoms with E-state index in [0.29, 0.717) is 6.07 Å². The van der Waals surface area contributed by atoms with Crippen LogP contribution in [0.5, 0.6) is 0 Å². The van der Waals surface area contributed by atoms with Gasteiger partial charge >= 0.3 is 0 Å². The number of rotatable bonds is 6. The summed E-state index contributed by atoms with van der Waals surface area (Å²) < 4.78 is 41.3. The highest BCUT2D eigenvalue weighted by Gasteiger charge is 2.23. The van der Waals surface area contributed by atoms with Crippen molar-refractivity contribution in [2.45, 2.75) is 6.92 Å². The van der Waals surface area contributed by atoms with E-state index in [1.807, 2.05) is 5.48 Å². The van der Waals surface area contributed by atoms with Gasteiger partial charge in [-0.1, -0.05) is 17.6 Å². The number of aromatic nitrogens is 1. The average Bonchev–Trinajstić information content (AvgIpc) is 2.57. The van der Waals surface area contributed by atoms with Gasteiger partial charge in [0.1, 0.15) is 13.7 Å². The summed E-state index contributed by atoms with van der Waals surface area (Å²) in [6, 6.07) is 2.08. The van der Waals surface area contributed by atoms with Crippen molar-refractivity contribution in [1.82, 2.24) is 10.5 Å². The minimum Gasteiger partial charge on any atom is -0.338 e. The van der Waals surface area contributed by atoms with Crippen LogP contribution in [0.1, 0.15) is 15.9 Å². The van der Waals surface area contributed by atoms with Gasteiger partial charge in [0.05, 0.1) is 17.9 Å². The molecule has 0 bridgehead atoms. The molecule has 0 spiro atoms. The molecule has 1 amide bonds. The van der Waals surface area contributed by atoms with E-state index in [2.05, 4.69) is 16.9 Å². The zero-order valence-electron chi connectivity index (χ0n) is 13.2. The van der Waals surface area contributed by atoms with Crippen LogP contribution in [0.4, 0.5) is 24.7 Å². The molecule has 2 N–H and O–H groups in total.